The zero-order valence-corrected chi connectivity index (χ0v) is 13.0. The van der Waals surface area contributed by atoms with E-state index in [-0.39, 0.29) is 12.2 Å². The first-order chi connectivity index (χ1) is 10.6. The van der Waals surface area contributed by atoms with Crippen LogP contribution in [0.4, 0.5) is 0 Å². The van der Waals surface area contributed by atoms with Gasteiger partial charge < -0.3 is 18.9 Å². The van der Waals surface area contributed by atoms with Crippen molar-refractivity contribution in [1.82, 2.24) is 10.9 Å². The van der Waals surface area contributed by atoms with E-state index in [1.165, 1.54) is 33.5 Å². The molecule has 0 saturated heterocycles. The lowest BCUT2D eigenvalue weighted by molar-refractivity contribution is -0.126. The van der Waals surface area contributed by atoms with Crippen LogP contribution in [0.1, 0.15) is 17.3 Å². The van der Waals surface area contributed by atoms with Gasteiger partial charge in [-0.1, -0.05) is 0 Å². The van der Waals surface area contributed by atoms with Crippen LogP contribution >= 0.6 is 0 Å². The molecule has 0 heterocycles. The van der Waals surface area contributed by atoms with Crippen molar-refractivity contribution in [2.75, 3.05) is 34.5 Å². The maximum atomic E-state index is 12.0. The second kappa shape index (κ2) is 8.73. The lowest BCUT2D eigenvalue weighted by Crippen LogP contribution is -2.43. The van der Waals surface area contributed by atoms with Gasteiger partial charge in [-0.2, -0.15) is 0 Å². The van der Waals surface area contributed by atoms with Crippen molar-refractivity contribution < 1.29 is 28.5 Å². The lowest BCUT2D eigenvalue weighted by Gasteiger charge is -2.14. The summed E-state index contributed by atoms with van der Waals surface area (Å²) in [6.45, 7) is 2.04. The van der Waals surface area contributed by atoms with Gasteiger partial charge in [0.1, 0.15) is 6.61 Å². The van der Waals surface area contributed by atoms with E-state index in [0.717, 1.165) is 0 Å². The van der Waals surface area contributed by atoms with Crippen LogP contribution < -0.4 is 25.1 Å². The predicted octanol–water partition coefficient (Wildman–Crippen LogP) is 0.510. The van der Waals surface area contributed by atoms with E-state index in [2.05, 4.69) is 10.9 Å². The van der Waals surface area contributed by atoms with E-state index >= 15 is 0 Å². The second-order valence-electron chi connectivity index (χ2n) is 4.05. The number of hydrogen-bond donors (Lipinski definition) is 2. The summed E-state index contributed by atoms with van der Waals surface area (Å²) in [4.78, 5) is 23.4. The van der Waals surface area contributed by atoms with Gasteiger partial charge in [0.05, 0.1) is 21.3 Å². The Labute approximate surface area is 128 Å². The van der Waals surface area contributed by atoms with Crippen LogP contribution in [-0.4, -0.2) is 46.4 Å². The molecule has 1 aromatic carbocycles. The Bertz CT molecular complexity index is 507. The van der Waals surface area contributed by atoms with Crippen LogP contribution in [0.25, 0.3) is 0 Å². The molecule has 2 N–H and O–H groups in total. The van der Waals surface area contributed by atoms with Crippen molar-refractivity contribution >= 4 is 11.8 Å². The number of rotatable bonds is 7. The number of carbonyl (C=O) groups is 2. The van der Waals surface area contributed by atoms with Crippen molar-refractivity contribution in [2.24, 2.45) is 0 Å². The van der Waals surface area contributed by atoms with Crippen molar-refractivity contribution in [3.8, 4) is 17.2 Å². The summed E-state index contributed by atoms with van der Waals surface area (Å²) >= 11 is 0. The van der Waals surface area contributed by atoms with Crippen LogP contribution in [0.5, 0.6) is 17.2 Å². The van der Waals surface area contributed by atoms with Gasteiger partial charge in [-0.15, -0.1) is 0 Å². The normalized spacial score (nSPS) is 9.82. The minimum Gasteiger partial charge on any atom is -0.493 e. The Kier molecular flexibility index (Phi) is 6.97. The SMILES string of the molecule is CCOCC(=O)NNC(=O)c1cc(OC)c(OC)c(OC)c1. The van der Waals surface area contributed by atoms with Crippen LogP contribution in [0.15, 0.2) is 12.1 Å². The highest BCUT2D eigenvalue weighted by Crippen LogP contribution is 2.38. The molecule has 0 aliphatic rings. The molecule has 0 aliphatic carbocycles. The molecule has 0 fully saturated rings. The summed E-state index contributed by atoms with van der Waals surface area (Å²) in [6, 6.07) is 2.96. The third kappa shape index (κ3) is 4.52. The molecule has 0 bridgehead atoms. The number of ether oxygens (including phenoxy) is 4. The Morgan fingerprint density at radius 2 is 1.59 bits per heavy atom. The van der Waals surface area contributed by atoms with Gasteiger partial charge >= 0.3 is 0 Å². The molecular weight excluding hydrogens is 292 g/mol. The summed E-state index contributed by atoms with van der Waals surface area (Å²) in [5, 5.41) is 0. The fraction of sp³-hybridized carbons (Fsp3) is 0.429. The number of carbonyl (C=O) groups excluding carboxylic acids is 2. The highest BCUT2D eigenvalue weighted by molar-refractivity contribution is 5.96. The number of nitrogens with one attached hydrogen (secondary N) is 2. The van der Waals surface area contributed by atoms with Crippen LogP contribution in [0.2, 0.25) is 0 Å². The summed E-state index contributed by atoms with van der Waals surface area (Å²) < 4.78 is 20.4. The first kappa shape index (κ1) is 17.6. The molecule has 0 aliphatic heterocycles. The molecule has 8 heteroatoms. The Balaban J connectivity index is 2.83. The van der Waals surface area contributed by atoms with E-state index in [0.29, 0.717) is 23.9 Å². The largest absolute Gasteiger partial charge is 0.493 e. The first-order valence-corrected chi connectivity index (χ1v) is 6.54. The number of methoxy groups -OCH3 is 3. The van der Waals surface area contributed by atoms with Gasteiger partial charge in [-0.3, -0.25) is 20.4 Å². The van der Waals surface area contributed by atoms with E-state index in [4.69, 9.17) is 18.9 Å². The lowest BCUT2D eigenvalue weighted by atomic mass is 10.1. The average molecular weight is 312 g/mol. The third-order valence-electron chi connectivity index (χ3n) is 2.68. The fourth-order valence-corrected chi connectivity index (χ4v) is 1.64. The summed E-state index contributed by atoms with van der Waals surface area (Å²) in [5.41, 5.74) is 4.76. The Hall–Kier alpha value is -2.48. The van der Waals surface area contributed by atoms with Crippen molar-refractivity contribution in [3.05, 3.63) is 17.7 Å². The standard InChI is InChI=1S/C14H20N2O6/c1-5-22-8-12(17)15-16-14(18)9-6-10(19-2)13(21-4)11(7-9)20-3/h6-7H,5,8H2,1-4H3,(H,15,17)(H,16,18). The molecule has 2 amide bonds. The van der Waals surface area contributed by atoms with Crippen molar-refractivity contribution in [3.63, 3.8) is 0 Å². The number of hydrogen-bond acceptors (Lipinski definition) is 6. The fourth-order valence-electron chi connectivity index (χ4n) is 1.64. The maximum absolute atomic E-state index is 12.0. The Morgan fingerprint density at radius 1 is 1.00 bits per heavy atom. The molecule has 1 aromatic rings. The minimum absolute atomic E-state index is 0.133. The zero-order chi connectivity index (χ0) is 16.5. The molecule has 122 valence electrons. The number of hydrazine groups is 1. The van der Waals surface area contributed by atoms with Gasteiger partial charge in [-0.25, -0.2) is 0 Å². The highest BCUT2D eigenvalue weighted by Gasteiger charge is 2.17. The molecule has 22 heavy (non-hydrogen) atoms. The molecular formula is C14H20N2O6. The van der Waals surface area contributed by atoms with Crippen molar-refractivity contribution in [1.29, 1.82) is 0 Å². The molecule has 1 rings (SSSR count). The van der Waals surface area contributed by atoms with Gasteiger partial charge in [-0.05, 0) is 19.1 Å². The van der Waals surface area contributed by atoms with Gasteiger partial charge in [0.15, 0.2) is 11.5 Å². The van der Waals surface area contributed by atoms with Gasteiger partial charge in [0.2, 0.25) is 5.75 Å². The van der Waals surface area contributed by atoms with Gasteiger partial charge in [0.25, 0.3) is 11.8 Å². The highest BCUT2D eigenvalue weighted by atomic mass is 16.5. The molecule has 0 saturated carbocycles. The average Bonchev–Trinajstić information content (AvgIpc) is 2.55. The van der Waals surface area contributed by atoms with Crippen molar-refractivity contribution in [2.45, 2.75) is 6.92 Å². The van der Waals surface area contributed by atoms with Gasteiger partial charge in [0, 0.05) is 12.2 Å². The second-order valence-corrected chi connectivity index (χ2v) is 4.05. The molecule has 0 atom stereocenters. The monoisotopic (exact) mass is 312 g/mol. The van der Waals surface area contributed by atoms with Crippen LogP contribution in [-0.2, 0) is 9.53 Å². The van der Waals surface area contributed by atoms with E-state index in [9.17, 15) is 9.59 Å². The minimum atomic E-state index is -0.524. The predicted molar refractivity (Wildman–Crippen MR) is 78.2 cm³/mol. The molecule has 0 aromatic heterocycles. The third-order valence-corrected chi connectivity index (χ3v) is 2.68. The smallest absolute Gasteiger partial charge is 0.269 e. The molecule has 0 radical (unpaired) electrons. The number of amides is 2. The Morgan fingerprint density at radius 3 is 2.05 bits per heavy atom. The zero-order valence-electron chi connectivity index (χ0n) is 13.0. The molecule has 8 nitrogen and oxygen atoms in total. The first-order valence-electron chi connectivity index (χ1n) is 6.54. The topological polar surface area (TPSA) is 95.1 Å². The summed E-state index contributed by atoms with van der Waals surface area (Å²) in [5.74, 6) is 0.0777. The quantitative estimate of drug-likeness (QED) is 0.712. The molecule has 0 unspecified atom stereocenters. The maximum Gasteiger partial charge on any atom is 0.269 e. The number of benzene rings is 1. The summed E-state index contributed by atoms with van der Waals surface area (Å²) in [6.07, 6.45) is 0. The van der Waals surface area contributed by atoms with Crippen LogP contribution in [0.3, 0.4) is 0 Å². The van der Waals surface area contributed by atoms with E-state index in [1.807, 2.05) is 0 Å². The van der Waals surface area contributed by atoms with Crippen LogP contribution in [0, 0.1) is 0 Å². The van der Waals surface area contributed by atoms with E-state index in [1.54, 1.807) is 6.92 Å². The molecule has 0 spiro atoms. The summed E-state index contributed by atoms with van der Waals surface area (Å²) in [7, 11) is 4.36. The van der Waals surface area contributed by atoms with E-state index < -0.39 is 11.8 Å².